The minimum Gasteiger partial charge on any atom is -0.495 e. The van der Waals surface area contributed by atoms with Crippen molar-refractivity contribution >= 4 is 33.2 Å². The summed E-state index contributed by atoms with van der Waals surface area (Å²) in [5, 5.41) is 3.35. The molecule has 0 bridgehead atoms. The first-order valence-corrected chi connectivity index (χ1v) is 12.6. The first-order chi connectivity index (χ1) is 16.0. The Kier molecular flexibility index (Phi) is 8.02. The molecule has 0 fully saturated rings. The van der Waals surface area contributed by atoms with Gasteiger partial charge in [-0.15, -0.1) is 0 Å². The van der Waals surface area contributed by atoms with Gasteiger partial charge in [-0.25, -0.2) is 8.42 Å². The van der Waals surface area contributed by atoms with Gasteiger partial charge in [-0.1, -0.05) is 47.5 Å². The summed E-state index contributed by atoms with van der Waals surface area (Å²) in [6.45, 7) is 7.01. The van der Waals surface area contributed by atoms with Crippen LogP contribution in [0.3, 0.4) is 0 Å². The third kappa shape index (κ3) is 5.97. The number of sulfonamides is 1. The van der Waals surface area contributed by atoms with E-state index >= 15 is 0 Å². The van der Waals surface area contributed by atoms with Crippen LogP contribution in [0.4, 0.5) is 5.69 Å². The molecule has 0 saturated carbocycles. The minimum absolute atomic E-state index is 0.0185. The molecule has 34 heavy (non-hydrogen) atoms. The Bertz CT molecular complexity index is 1280. The largest absolute Gasteiger partial charge is 0.495 e. The van der Waals surface area contributed by atoms with Crippen LogP contribution in [0.5, 0.6) is 5.75 Å². The SMILES string of the molecule is COc1ccc(C)cc1NC(=O)CN(Cc1ccc(Cl)cc1)S(=O)(=O)c1c(C)cc(C)cc1C. The summed E-state index contributed by atoms with van der Waals surface area (Å²) in [5.41, 5.74) is 4.39. The van der Waals surface area contributed by atoms with Gasteiger partial charge in [-0.2, -0.15) is 4.31 Å². The Morgan fingerprint density at radius 2 is 1.56 bits per heavy atom. The van der Waals surface area contributed by atoms with E-state index in [1.807, 2.05) is 32.0 Å². The Morgan fingerprint density at radius 1 is 0.941 bits per heavy atom. The molecule has 0 unspecified atom stereocenters. The molecular weight excluding hydrogens is 472 g/mol. The lowest BCUT2D eigenvalue weighted by Gasteiger charge is -2.24. The second-order valence-electron chi connectivity index (χ2n) is 8.38. The molecule has 0 saturated heterocycles. The molecule has 1 N–H and O–H groups in total. The van der Waals surface area contributed by atoms with Crippen molar-refractivity contribution in [3.63, 3.8) is 0 Å². The third-order valence-corrected chi connectivity index (χ3v) is 7.77. The van der Waals surface area contributed by atoms with Crippen molar-refractivity contribution in [3.8, 4) is 5.75 Å². The highest BCUT2D eigenvalue weighted by Gasteiger charge is 2.30. The molecule has 0 aliphatic carbocycles. The van der Waals surface area contributed by atoms with Gasteiger partial charge in [0, 0.05) is 11.6 Å². The number of nitrogens with one attached hydrogen (secondary N) is 1. The van der Waals surface area contributed by atoms with Gasteiger partial charge in [-0.3, -0.25) is 4.79 Å². The minimum atomic E-state index is -3.99. The van der Waals surface area contributed by atoms with Crippen LogP contribution in [0.25, 0.3) is 0 Å². The zero-order valence-corrected chi connectivity index (χ0v) is 21.5. The maximum atomic E-state index is 13.8. The highest BCUT2D eigenvalue weighted by molar-refractivity contribution is 7.89. The number of amides is 1. The number of methoxy groups -OCH3 is 1. The highest BCUT2D eigenvalue weighted by atomic mass is 35.5. The molecule has 6 nitrogen and oxygen atoms in total. The van der Waals surface area contributed by atoms with Gasteiger partial charge in [0.2, 0.25) is 15.9 Å². The number of carbonyl (C=O) groups is 1. The lowest BCUT2D eigenvalue weighted by Crippen LogP contribution is -2.38. The zero-order chi connectivity index (χ0) is 25.0. The quantitative estimate of drug-likeness (QED) is 0.448. The van der Waals surface area contributed by atoms with Crippen LogP contribution in [-0.4, -0.2) is 32.3 Å². The van der Waals surface area contributed by atoms with E-state index < -0.39 is 15.9 Å². The fraction of sp³-hybridized carbons (Fsp3) is 0.269. The van der Waals surface area contributed by atoms with Crippen LogP contribution >= 0.6 is 11.6 Å². The molecule has 3 rings (SSSR count). The van der Waals surface area contributed by atoms with E-state index in [0.29, 0.717) is 27.6 Å². The summed E-state index contributed by atoms with van der Waals surface area (Å²) in [7, 11) is -2.48. The Hall–Kier alpha value is -2.87. The Morgan fingerprint density at radius 3 is 2.15 bits per heavy atom. The van der Waals surface area contributed by atoms with Crippen molar-refractivity contribution in [3.05, 3.63) is 87.4 Å². The first kappa shape index (κ1) is 25.7. The van der Waals surface area contributed by atoms with Gasteiger partial charge >= 0.3 is 0 Å². The predicted molar refractivity (Wildman–Crippen MR) is 136 cm³/mol. The van der Waals surface area contributed by atoms with E-state index in [1.54, 1.807) is 50.2 Å². The fourth-order valence-corrected chi connectivity index (χ4v) is 5.91. The lowest BCUT2D eigenvalue weighted by atomic mass is 10.1. The van der Waals surface area contributed by atoms with Crippen molar-refractivity contribution in [1.29, 1.82) is 0 Å². The van der Waals surface area contributed by atoms with Gasteiger partial charge in [0.1, 0.15) is 5.75 Å². The van der Waals surface area contributed by atoms with Gasteiger partial charge in [0.15, 0.2) is 0 Å². The molecule has 0 heterocycles. The topological polar surface area (TPSA) is 75.7 Å². The lowest BCUT2D eigenvalue weighted by molar-refractivity contribution is -0.116. The van der Waals surface area contributed by atoms with Crippen molar-refractivity contribution in [1.82, 2.24) is 4.31 Å². The van der Waals surface area contributed by atoms with Gasteiger partial charge in [0.25, 0.3) is 0 Å². The number of benzene rings is 3. The summed E-state index contributed by atoms with van der Waals surface area (Å²) in [4.78, 5) is 13.3. The van der Waals surface area contributed by atoms with Crippen LogP contribution in [0, 0.1) is 27.7 Å². The molecule has 0 aliphatic rings. The van der Waals surface area contributed by atoms with Crippen LogP contribution in [0.15, 0.2) is 59.5 Å². The first-order valence-electron chi connectivity index (χ1n) is 10.8. The fourth-order valence-electron chi connectivity index (χ4n) is 3.99. The average molecular weight is 501 g/mol. The molecule has 0 atom stereocenters. The van der Waals surface area contributed by atoms with E-state index in [4.69, 9.17) is 16.3 Å². The van der Waals surface area contributed by atoms with Crippen LogP contribution < -0.4 is 10.1 Å². The van der Waals surface area contributed by atoms with Crippen molar-refractivity contribution < 1.29 is 17.9 Å². The molecule has 3 aromatic carbocycles. The van der Waals surface area contributed by atoms with E-state index in [2.05, 4.69) is 5.32 Å². The number of hydrogen-bond donors (Lipinski definition) is 1. The molecule has 180 valence electrons. The van der Waals surface area contributed by atoms with E-state index in [-0.39, 0.29) is 18.0 Å². The van der Waals surface area contributed by atoms with Crippen molar-refractivity contribution in [2.24, 2.45) is 0 Å². The third-order valence-electron chi connectivity index (χ3n) is 5.42. The average Bonchev–Trinajstić information content (AvgIpc) is 2.74. The number of halogens is 1. The summed E-state index contributed by atoms with van der Waals surface area (Å²) in [6.07, 6.45) is 0. The maximum Gasteiger partial charge on any atom is 0.244 e. The van der Waals surface area contributed by atoms with E-state index in [9.17, 15) is 13.2 Å². The van der Waals surface area contributed by atoms with Gasteiger partial charge in [0.05, 0.1) is 24.2 Å². The predicted octanol–water partition coefficient (Wildman–Crippen LogP) is 5.41. The standard InChI is InChI=1S/C26H29ClN2O4S/c1-17-6-11-24(33-5)23(14-17)28-25(30)16-29(15-21-7-9-22(27)10-8-21)34(31,32)26-19(3)12-18(2)13-20(26)4/h6-14H,15-16H2,1-5H3,(H,28,30). The van der Waals surface area contributed by atoms with Crippen LogP contribution in [0.1, 0.15) is 27.8 Å². The molecule has 0 spiro atoms. The Balaban J connectivity index is 1.98. The number of nitrogens with zero attached hydrogens (tertiary/aromatic N) is 1. The highest BCUT2D eigenvalue weighted by Crippen LogP contribution is 2.28. The second-order valence-corrected chi connectivity index (χ2v) is 10.7. The van der Waals surface area contributed by atoms with Crippen molar-refractivity contribution in [2.45, 2.75) is 39.1 Å². The molecular formula is C26H29ClN2O4S. The van der Waals surface area contributed by atoms with E-state index in [1.165, 1.54) is 11.4 Å². The monoisotopic (exact) mass is 500 g/mol. The number of rotatable bonds is 8. The molecule has 1 amide bonds. The maximum absolute atomic E-state index is 13.8. The number of ether oxygens (including phenoxy) is 1. The van der Waals surface area contributed by atoms with Crippen LogP contribution in [0.2, 0.25) is 5.02 Å². The molecule has 0 aliphatic heterocycles. The van der Waals surface area contributed by atoms with E-state index in [0.717, 1.165) is 16.7 Å². The Labute approximate surface area is 206 Å². The summed E-state index contributed by atoms with van der Waals surface area (Å²) in [6, 6.07) is 16.0. The summed E-state index contributed by atoms with van der Waals surface area (Å²) < 4.78 is 34.2. The number of anilines is 1. The molecule has 0 radical (unpaired) electrons. The van der Waals surface area contributed by atoms with Crippen LogP contribution in [-0.2, 0) is 21.4 Å². The van der Waals surface area contributed by atoms with Crippen molar-refractivity contribution in [2.75, 3.05) is 19.0 Å². The smallest absolute Gasteiger partial charge is 0.244 e. The summed E-state index contributed by atoms with van der Waals surface area (Å²) in [5.74, 6) is 0.0279. The molecule has 0 aromatic heterocycles. The normalized spacial score (nSPS) is 11.5. The second kappa shape index (κ2) is 10.6. The number of carbonyl (C=O) groups excluding carboxylic acids is 1. The van der Waals surface area contributed by atoms with Gasteiger partial charge < -0.3 is 10.1 Å². The number of aryl methyl sites for hydroxylation is 4. The zero-order valence-electron chi connectivity index (χ0n) is 20.0. The van der Waals surface area contributed by atoms with Gasteiger partial charge in [-0.05, 0) is 74.2 Å². The molecule has 8 heteroatoms. The molecule has 3 aromatic rings. The summed E-state index contributed by atoms with van der Waals surface area (Å²) >= 11 is 6.00. The number of hydrogen-bond acceptors (Lipinski definition) is 4.